The number of rotatable bonds is 7. The summed E-state index contributed by atoms with van der Waals surface area (Å²) in [5.41, 5.74) is 2.16. The highest BCUT2D eigenvalue weighted by atomic mass is 79.9. The van der Waals surface area contributed by atoms with Gasteiger partial charge in [0.05, 0.1) is 5.25 Å². The fraction of sp³-hybridized carbons (Fsp3) is 0.238. The van der Waals surface area contributed by atoms with Gasteiger partial charge in [-0.25, -0.2) is 4.98 Å². The van der Waals surface area contributed by atoms with Crippen LogP contribution in [0.1, 0.15) is 31.1 Å². The Hall–Kier alpha value is -2.45. The molecule has 1 amide bonds. The van der Waals surface area contributed by atoms with E-state index in [4.69, 9.17) is 0 Å². The number of hydrogen-bond acceptors (Lipinski definition) is 5. The first-order valence-electron chi connectivity index (χ1n) is 9.14. The number of hydrogen-bond donors (Lipinski definition) is 2. The van der Waals surface area contributed by atoms with Crippen LogP contribution < -0.4 is 5.32 Å². The van der Waals surface area contributed by atoms with Gasteiger partial charge in [-0.3, -0.25) is 14.7 Å². The molecule has 0 saturated carbocycles. The Bertz CT molecular complexity index is 1020. The zero-order valence-corrected chi connectivity index (χ0v) is 18.7. The van der Waals surface area contributed by atoms with Gasteiger partial charge < -0.3 is 5.32 Å². The molecule has 8 heteroatoms. The molecule has 29 heavy (non-hydrogen) atoms. The molecule has 1 unspecified atom stereocenters. The van der Waals surface area contributed by atoms with Crippen LogP contribution in [-0.4, -0.2) is 32.1 Å². The minimum atomic E-state index is -0.353. The topological polar surface area (TPSA) is 87.7 Å². The van der Waals surface area contributed by atoms with Crippen molar-refractivity contribution < 1.29 is 9.59 Å². The highest BCUT2D eigenvalue weighted by Crippen LogP contribution is 2.28. The second kappa shape index (κ2) is 9.37. The highest BCUT2D eigenvalue weighted by molar-refractivity contribution is 9.10. The van der Waals surface area contributed by atoms with Gasteiger partial charge in [0.15, 0.2) is 11.6 Å². The fourth-order valence-electron chi connectivity index (χ4n) is 2.52. The summed E-state index contributed by atoms with van der Waals surface area (Å²) >= 11 is 4.80. The van der Waals surface area contributed by atoms with Gasteiger partial charge >= 0.3 is 0 Å². The molecule has 0 aliphatic carbocycles. The molecular formula is C21H21BrN4O2S. The molecule has 2 aromatic carbocycles. The fourth-order valence-corrected chi connectivity index (χ4v) is 3.80. The number of H-pyrrole nitrogens is 1. The van der Waals surface area contributed by atoms with Gasteiger partial charge in [0, 0.05) is 27.2 Å². The third-order valence-electron chi connectivity index (χ3n) is 4.21. The van der Waals surface area contributed by atoms with Crippen molar-refractivity contribution in [3.05, 3.63) is 58.6 Å². The Labute approximate surface area is 182 Å². The molecule has 1 atom stereocenters. The van der Waals surface area contributed by atoms with Crippen molar-refractivity contribution >= 4 is 45.1 Å². The number of ketones is 1. The second-order valence-electron chi connectivity index (χ2n) is 6.79. The molecule has 150 valence electrons. The number of halogens is 1. The Balaban J connectivity index is 1.65. The Morgan fingerprint density at radius 1 is 1.07 bits per heavy atom. The monoisotopic (exact) mass is 472 g/mol. The molecule has 0 saturated heterocycles. The minimum absolute atomic E-state index is 0.0241. The van der Waals surface area contributed by atoms with Crippen molar-refractivity contribution in [2.45, 2.75) is 31.2 Å². The van der Waals surface area contributed by atoms with Gasteiger partial charge in [0.1, 0.15) is 0 Å². The molecular weight excluding hydrogens is 452 g/mol. The van der Waals surface area contributed by atoms with Crippen molar-refractivity contribution in [2.75, 3.05) is 5.32 Å². The third kappa shape index (κ3) is 5.33. The predicted molar refractivity (Wildman–Crippen MR) is 119 cm³/mol. The molecule has 0 fully saturated rings. The third-order valence-corrected chi connectivity index (χ3v) is 5.86. The van der Waals surface area contributed by atoms with Crippen LogP contribution in [0.15, 0.2) is 58.2 Å². The largest absolute Gasteiger partial charge is 0.326 e. The molecule has 6 nitrogen and oxygen atoms in total. The van der Waals surface area contributed by atoms with Crippen LogP contribution in [0.2, 0.25) is 0 Å². The van der Waals surface area contributed by atoms with Crippen molar-refractivity contribution in [1.29, 1.82) is 0 Å². The minimum Gasteiger partial charge on any atom is -0.326 e. The number of aromatic nitrogens is 3. The van der Waals surface area contributed by atoms with E-state index < -0.39 is 0 Å². The van der Waals surface area contributed by atoms with Crippen LogP contribution in [0.25, 0.3) is 11.4 Å². The molecule has 0 radical (unpaired) electrons. The Morgan fingerprint density at radius 2 is 1.76 bits per heavy atom. The number of benzene rings is 2. The standard InChI is InChI=1S/C21H21BrN4O2S/c1-12(2)20(28)23-15-10-8-14(9-11-15)18(27)13(3)29-21-24-19(25-26-21)16-6-4-5-7-17(16)22/h4-13H,1-3H3,(H,23,28)(H,24,25,26). The lowest BCUT2D eigenvalue weighted by atomic mass is 10.1. The van der Waals surface area contributed by atoms with E-state index in [9.17, 15) is 9.59 Å². The first-order valence-corrected chi connectivity index (χ1v) is 10.8. The van der Waals surface area contributed by atoms with Crippen LogP contribution in [0.3, 0.4) is 0 Å². The first-order chi connectivity index (χ1) is 13.8. The number of carbonyl (C=O) groups excluding carboxylic acids is 2. The smallest absolute Gasteiger partial charge is 0.226 e. The van der Waals surface area contributed by atoms with Gasteiger partial charge in [-0.05, 0) is 37.3 Å². The summed E-state index contributed by atoms with van der Waals surface area (Å²) < 4.78 is 0.918. The molecule has 1 aromatic heterocycles. The maximum Gasteiger partial charge on any atom is 0.226 e. The van der Waals surface area contributed by atoms with Crippen molar-refractivity contribution in [3.8, 4) is 11.4 Å². The zero-order chi connectivity index (χ0) is 21.0. The van der Waals surface area contributed by atoms with Crippen LogP contribution in [0.5, 0.6) is 0 Å². The molecule has 0 bridgehead atoms. The Morgan fingerprint density at radius 3 is 2.41 bits per heavy atom. The molecule has 2 N–H and O–H groups in total. The van der Waals surface area contributed by atoms with Gasteiger partial charge in [0.2, 0.25) is 11.1 Å². The predicted octanol–water partition coefficient (Wildman–Crippen LogP) is 5.19. The van der Waals surface area contributed by atoms with Gasteiger partial charge in [-0.1, -0.05) is 59.7 Å². The number of Topliss-reactive ketones (excluding diaryl/α,β-unsaturated/α-hetero) is 1. The lowest BCUT2D eigenvalue weighted by Crippen LogP contribution is -2.18. The first kappa shape index (κ1) is 21.3. The lowest BCUT2D eigenvalue weighted by molar-refractivity contribution is -0.118. The van der Waals surface area contributed by atoms with Gasteiger partial charge in [-0.15, -0.1) is 5.10 Å². The number of nitrogens with zero attached hydrogens (tertiary/aromatic N) is 2. The number of aromatic amines is 1. The van der Waals surface area contributed by atoms with E-state index in [1.807, 2.05) is 45.0 Å². The molecule has 3 rings (SSSR count). The number of thioether (sulfide) groups is 1. The molecule has 1 heterocycles. The summed E-state index contributed by atoms with van der Waals surface area (Å²) in [5.74, 6) is 0.461. The van der Waals surface area contributed by atoms with Crippen molar-refractivity contribution in [1.82, 2.24) is 15.2 Å². The van der Waals surface area contributed by atoms with Gasteiger partial charge in [-0.2, -0.15) is 0 Å². The van der Waals surface area contributed by atoms with Crippen LogP contribution in [0, 0.1) is 5.92 Å². The summed E-state index contributed by atoms with van der Waals surface area (Å²) in [4.78, 5) is 29.0. The second-order valence-corrected chi connectivity index (χ2v) is 8.95. The maximum absolute atomic E-state index is 12.7. The number of amides is 1. The normalized spacial score (nSPS) is 12.0. The van der Waals surface area contributed by atoms with Crippen LogP contribution in [-0.2, 0) is 4.79 Å². The van der Waals surface area contributed by atoms with Crippen molar-refractivity contribution in [2.24, 2.45) is 5.92 Å². The zero-order valence-electron chi connectivity index (χ0n) is 16.3. The SMILES string of the molecule is CC(C)C(=O)Nc1ccc(C(=O)C(C)Sc2n[nH]c(-c3ccccc3Br)n2)cc1. The molecule has 0 aliphatic rings. The van der Waals surface area contributed by atoms with Gasteiger partial charge in [0.25, 0.3) is 0 Å². The van der Waals surface area contributed by atoms with E-state index in [-0.39, 0.29) is 22.9 Å². The summed E-state index contributed by atoms with van der Waals surface area (Å²) in [5, 5.41) is 10.1. The average molecular weight is 473 g/mol. The van der Waals surface area contributed by atoms with E-state index in [1.165, 1.54) is 11.8 Å². The summed E-state index contributed by atoms with van der Waals surface area (Å²) in [6, 6.07) is 14.6. The number of anilines is 1. The van der Waals surface area contributed by atoms with E-state index in [2.05, 4.69) is 36.4 Å². The lowest BCUT2D eigenvalue weighted by Gasteiger charge is -2.10. The maximum atomic E-state index is 12.7. The van der Waals surface area contributed by atoms with E-state index in [1.54, 1.807) is 24.3 Å². The molecule has 0 spiro atoms. The number of carbonyl (C=O) groups is 2. The highest BCUT2D eigenvalue weighted by Gasteiger charge is 2.19. The summed E-state index contributed by atoms with van der Waals surface area (Å²) in [6.45, 7) is 5.49. The molecule has 3 aromatic rings. The Kier molecular flexibility index (Phi) is 6.87. The summed E-state index contributed by atoms with van der Waals surface area (Å²) in [7, 11) is 0. The van der Waals surface area contributed by atoms with E-state index >= 15 is 0 Å². The van der Waals surface area contributed by atoms with Crippen LogP contribution in [0.4, 0.5) is 5.69 Å². The quantitative estimate of drug-likeness (QED) is 0.364. The average Bonchev–Trinajstić information content (AvgIpc) is 3.16. The van der Waals surface area contributed by atoms with Crippen LogP contribution >= 0.6 is 27.7 Å². The van der Waals surface area contributed by atoms with E-state index in [0.29, 0.717) is 22.2 Å². The van der Waals surface area contributed by atoms with E-state index in [0.717, 1.165) is 10.0 Å². The van der Waals surface area contributed by atoms with Crippen molar-refractivity contribution in [3.63, 3.8) is 0 Å². The molecule has 0 aliphatic heterocycles. The number of nitrogens with one attached hydrogen (secondary N) is 2. The summed E-state index contributed by atoms with van der Waals surface area (Å²) in [6.07, 6.45) is 0.